The van der Waals surface area contributed by atoms with Gasteiger partial charge in [0.15, 0.2) is 0 Å². The lowest BCUT2D eigenvalue weighted by Crippen LogP contribution is -2.33. The molecule has 2 rings (SSSR count). The van der Waals surface area contributed by atoms with E-state index in [1.54, 1.807) is 0 Å². The minimum Gasteiger partial charge on any atom is -0.492 e. The van der Waals surface area contributed by atoms with Crippen LogP contribution in [0.5, 0.6) is 5.75 Å². The largest absolute Gasteiger partial charge is 0.492 e. The van der Waals surface area contributed by atoms with Crippen molar-refractivity contribution in [1.29, 1.82) is 0 Å². The number of halogens is 1. The molecule has 0 saturated carbocycles. The molecule has 1 saturated heterocycles. The van der Waals surface area contributed by atoms with E-state index in [-0.39, 0.29) is 18.3 Å². The first-order valence-corrected chi connectivity index (χ1v) is 7.88. The van der Waals surface area contributed by atoms with Crippen LogP contribution in [0.1, 0.15) is 44.6 Å². The summed E-state index contributed by atoms with van der Waals surface area (Å²) >= 11 is 0. The zero-order valence-electron chi connectivity index (χ0n) is 13.4. The number of nitrogens with one attached hydrogen (secondary N) is 2. The standard InChI is InChI=1S/C17H26N2O2.ClH/c1-13(2)14-5-7-16(8-6-14)21-11-10-19-17(20)12-15-4-3-9-18-15;/h5-8,13,15,18H,3-4,9-12H2,1-2H3,(H,19,20);1H. The number of hydrogen-bond donors (Lipinski definition) is 2. The van der Waals surface area contributed by atoms with Crippen molar-refractivity contribution in [3.05, 3.63) is 29.8 Å². The first kappa shape index (κ1) is 18.8. The second-order valence-corrected chi connectivity index (χ2v) is 5.92. The fourth-order valence-corrected chi connectivity index (χ4v) is 2.54. The van der Waals surface area contributed by atoms with E-state index < -0.39 is 0 Å². The van der Waals surface area contributed by atoms with E-state index in [2.05, 4.69) is 36.6 Å². The van der Waals surface area contributed by atoms with Gasteiger partial charge >= 0.3 is 0 Å². The monoisotopic (exact) mass is 326 g/mol. The molecule has 0 aliphatic carbocycles. The van der Waals surface area contributed by atoms with Crippen molar-refractivity contribution in [1.82, 2.24) is 10.6 Å². The molecule has 1 aromatic rings. The Bertz CT molecular complexity index is 442. The zero-order chi connectivity index (χ0) is 15.1. The molecule has 1 heterocycles. The molecule has 0 radical (unpaired) electrons. The van der Waals surface area contributed by atoms with Gasteiger partial charge in [-0.2, -0.15) is 0 Å². The highest BCUT2D eigenvalue weighted by Gasteiger charge is 2.17. The molecule has 124 valence electrons. The van der Waals surface area contributed by atoms with Gasteiger partial charge < -0.3 is 15.4 Å². The van der Waals surface area contributed by atoms with Crippen molar-refractivity contribution in [3.63, 3.8) is 0 Å². The summed E-state index contributed by atoms with van der Waals surface area (Å²) in [5, 5.41) is 6.23. The summed E-state index contributed by atoms with van der Waals surface area (Å²) in [6.07, 6.45) is 2.85. The van der Waals surface area contributed by atoms with E-state index in [1.807, 2.05) is 12.1 Å². The molecule has 1 fully saturated rings. The Morgan fingerprint density at radius 3 is 2.68 bits per heavy atom. The molecule has 1 aliphatic heterocycles. The van der Waals surface area contributed by atoms with Crippen LogP contribution in [-0.4, -0.2) is 31.6 Å². The number of ether oxygens (including phenoxy) is 1. The highest BCUT2D eigenvalue weighted by molar-refractivity contribution is 5.85. The molecule has 22 heavy (non-hydrogen) atoms. The summed E-state index contributed by atoms with van der Waals surface area (Å²) in [4.78, 5) is 11.7. The average Bonchev–Trinajstić information content (AvgIpc) is 2.97. The quantitative estimate of drug-likeness (QED) is 0.758. The van der Waals surface area contributed by atoms with Crippen molar-refractivity contribution in [2.24, 2.45) is 0 Å². The van der Waals surface area contributed by atoms with Gasteiger partial charge in [0.25, 0.3) is 0 Å². The third kappa shape index (κ3) is 6.24. The minimum absolute atomic E-state index is 0. The van der Waals surface area contributed by atoms with E-state index in [0.717, 1.165) is 18.7 Å². The van der Waals surface area contributed by atoms with E-state index in [0.29, 0.717) is 31.5 Å². The van der Waals surface area contributed by atoms with Crippen LogP contribution < -0.4 is 15.4 Å². The summed E-state index contributed by atoms with van der Waals surface area (Å²) in [6.45, 7) is 6.44. The van der Waals surface area contributed by atoms with Gasteiger partial charge in [0, 0.05) is 12.5 Å². The maximum absolute atomic E-state index is 11.7. The molecule has 4 nitrogen and oxygen atoms in total. The van der Waals surface area contributed by atoms with Gasteiger partial charge in [-0.25, -0.2) is 0 Å². The van der Waals surface area contributed by atoms with Crippen LogP contribution in [0.2, 0.25) is 0 Å². The van der Waals surface area contributed by atoms with Crippen molar-refractivity contribution in [2.75, 3.05) is 19.7 Å². The maximum atomic E-state index is 11.7. The molecule has 0 bridgehead atoms. The third-order valence-corrected chi connectivity index (χ3v) is 3.83. The van der Waals surface area contributed by atoms with Crippen LogP contribution >= 0.6 is 12.4 Å². The number of amides is 1. The predicted molar refractivity (Wildman–Crippen MR) is 91.9 cm³/mol. The van der Waals surface area contributed by atoms with Crippen LogP contribution in [0.3, 0.4) is 0 Å². The molecule has 1 atom stereocenters. The molecular weight excluding hydrogens is 300 g/mol. The highest BCUT2D eigenvalue weighted by Crippen LogP contribution is 2.18. The van der Waals surface area contributed by atoms with Gasteiger partial charge in [0.05, 0.1) is 6.54 Å². The number of carbonyl (C=O) groups is 1. The Morgan fingerprint density at radius 2 is 2.09 bits per heavy atom. The molecule has 1 aliphatic rings. The predicted octanol–water partition coefficient (Wildman–Crippen LogP) is 2.87. The molecule has 1 aromatic carbocycles. The van der Waals surface area contributed by atoms with Crippen LogP contribution in [-0.2, 0) is 4.79 Å². The fourth-order valence-electron chi connectivity index (χ4n) is 2.54. The number of carbonyl (C=O) groups excluding carboxylic acids is 1. The molecule has 1 unspecified atom stereocenters. The lowest BCUT2D eigenvalue weighted by molar-refractivity contribution is -0.121. The average molecular weight is 327 g/mol. The summed E-state index contributed by atoms with van der Waals surface area (Å²) in [5.41, 5.74) is 1.31. The summed E-state index contributed by atoms with van der Waals surface area (Å²) < 4.78 is 5.63. The Labute approximate surface area is 139 Å². The molecule has 1 amide bonds. The molecule has 5 heteroatoms. The fraction of sp³-hybridized carbons (Fsp3) is 0.588. The lowest BCUT2D eigenvalue weighted by Gasteiger charge is -2.11. The zero-order valence-corrected chi connectivity index (χ0v) is 14.2. The number of rotatable bonds is 7. The van der Waals surface area contributed by atoms with Gasteiger partial charge in [-0.1, -0.05) is 26.0 Å². The van der Waals surface area contributed by atoms with Crippen LogP contribution in [0, 0.1) is 0 Å². The number of benzene rings is 1. The van der Waals surface area contributed by atoms with Gasteiger partial charge in [-0.05, 0) is 43.0 Å². The Morgan fingerprint density at radius 1 is 1.36 bits per heavy atom. The van der Waals surface area contributed by atoms with Crippen molar-refractivity contribution in [3.8, 4) is 5.75 Å². The second-order valence-electron chi connectivity index (χ2n) is 5.92. The lowest BCUT2D eigenvalue weighted by atomic mass is 10.0. The van der Waals surface area contributed by atoms with E-state index in [9.17, 15) is 4.79 Å². The topological polar surface area (TPSA) is 50.4 Å². The van der Waals surface area contributed by atoms with E-state index in [4.69, 9.17) is 4.74 Å². The highest BCUT2D eigenvalue weighted by atomic mass is 35.5. The second kappa shape index (κ2) is 9.70. The molecule has 2 N–H and O–H groups in total. The Balaban J connectivity index is 0.00000242. The Kier molecular flexibility index (Phi) is 8.28. The third-order valence-electron chi connectivity index (χ3n) is 3.83. The van der Waals surface area contributed by atoms with Gasteiger partial charge in [0.1, 0.15) is 12.4 Å². The normalized spacial score (nSPS) is 17.1. The Hall–Kier alpha value is -1.26. The van der Waals surface area contributed by atoms with E-state index in [1.165, 1.54) is 12.0 Å². The molecule has 0 aromatic heterocycles. The van der Waals surface area contributed by atoms with E-state index >= 15 is 0 Å². The van der Waals surface area contributed by atoms with Crippen molar-refractivity contribution < 1.29 is 9.53 Å². The summed E-state index contributed by atoms with van der Waals surface area (Å²) in [5.74, 6) is 1.49. The molecule has 0 spiro atoms. The van der Waals surface area contributed by atoms with Crippen LogP contribution in [0.4, 0.5) is 0 Å². The minimum atomic E-state index is 0. The smallest absolute Gasteiger partial charge is 0.221 e. The maximum Gasteiger partial charge on any atom is 0.221 e. The SMILES string of the molecule is CC(C)c1ccc(OCCNC(=O)CC2CCCN2)cc1.Cl. The number of hydrogen-bond acceptors (Lipinski definition) is 3. The molecular formula is C17H27ClN2O2. The van der Waals surface area contributed by atoms with Crippen LogP contribution in [0.15, 0.2) is 24.3 Å². The van der Waals surface area contributed by atoms with Crippen molar-refractivity contribution in [2.45, 2.75) is 45.1 Å². The summed E-state index contributed by atoms with van der Waals surface area (Å²) in [7, 11) is 0. The first-order chi connectivity index (χ1) is 10.1. The van der Waals surface area contributed by atoms with Gasteiger partial charge in [0.2, 0.25) is 5.91 Å². The van der Waals surface area contributed by atoms with Gasteiger partial charge in [-0.15, -0.1) is 12.4 Å². The summed E-state index contributed by atoms with van der Waals surface area (Å²) in [6, 6.07) is 8.50. The first-order valence-electron chi connectivity index (χ1n) is 7.88. The van der Waals surface area contributed by atoms with Crippen LogP contribution in [0.25, 0.3) is 0 Å². The van der Waals surface area contributed by atoms with Gasteiger partial charge in [-0.3, -0.25) is 4.79 Å². The van der Waals surface area contributed by atoms with Crippen molar-refractivity contribution >= 4 is 18.3 Å².